The Labute approximate surface area is 132 Å². The first-order valence-electron chi connectivity index (χ1n) is 7.04. The third-order valence-corrected chi connectivity index (χ3v) is 4.62. The topological polar surface area (TPSA) is 51.5 Å². The number of thiophene rings is 1. The Kier molecular flexibility index (Phi) is 4.15. The number of nitrogens with one attached hydrogen (secondary N) is 1. The summed E-state index contributed by atoms with van der Waals surface area (Å²) in [7, 11) is 1.62. The van der Waals surface area contributed by atoms with E-state index in [1.807, 2.05) is 42.6 Å². The molecule has 0 aliphatic rings. The highest BCUT2D eigenvalue weighted by Crippen LogP contribution is 2.26. The van der Waals surface area contributed by atoms with Crippen molar-refractivity contribution in [2.24, 2.45) is 0 Å². The third-order valence-electron chi connectivity index (χ3n) is 3.56. The minimum atomic E-state index is -0.0144. The van der Waals surface area contributed by atoms with E-state index in [1.54, 1.807) is 24.7 Å². The summed E-state index contributed by atoms with van der Waals surface area (Å²) in [5.41, 5.74) is 1.61. The molecule has 3 rings (SSSR count). The quantitative estimate of drug-likeness (QED) is 0.776. The Hall–Kier alpha value is -2.27. The van der Waals surface area contributed by atoms with Gasteiger partial charge in [0, 0.05) is 21.9 Å². The molecule has 0 aliphatic carbocycles. The molecule has 4 nitrogen and oxygen atoms in total. The van der Waals surface area contributed by atoms with Crippen molar-refractivity contribution in [2.75, 3.05) is 7.11 Å². The molecule has 0 fully saturated rings. The number of amides is 1. The molecule has 22 heavy (non-hydrogen) atoms. The predicted molar refractivity (Wildman–Crippen MR) is 87.3 cm³/mol. The van der Waals surface area contributed by atoms with E-state index in [4.69, 9.17) is 9.15 Å². The lowest BCUT2D eigenvalue weighted by atomic mass is 10.1. The van der Waals surface area contributed by atoms with Crippen LogP contribution in [0.15, 0.2) is 46.4 Å². The average molecular weight is 315 g/mol. The summed E-state index contributed by atoms with van der Waals surface area (Å²) < 4.78 is 10.7. The summed E-state index contributed by atoms with van der Waals surface area (Å²) in [6.07, 6.45) is 1.94. The Balaban J connectivity index is 1.71. The first-order chi connectivity index (χ1) is 10.7. The van der Waals surface area contributed by atoms with Crippen LogP contribution in [-0.4, -0.2) is 13.0 Å². The van der Waals surface area contributed by atoms with Crippen LogP contribution in [0.5, 0.6) is 5.75 Å². The van der Waals surface area contributed by atoms with E-state index in [0.29, 0.717) is 6.42 Å². The molecule has 114 valence electrons. The van der Waals surface area contributed by atoms with Crippen molar-refractivity contribution >= 4 is 28.2 Å². The fraction of sp³-hybridized carbons (Fsp3) is 0.235. The number of carbonyl (C=O) groups is 1. The average Bonchev–Trinajstić information content (AvgIpc) is 3.16. The number of rotatable bonds is 5. The molecule has 0 bridgehead atoms. The summed E-state index contributed by atoms with van der Waals surface area (Å²) >= 11 is 1.64. The van der Waals surface area contributed by atoms with Crippen molar-refractivity contribution in [3.63, 3.8) is 0 Å². The molecule has 1 amide bonds. The molecule has 0 aliphatic heterocycles. The van der Waals surface area contributed by atoms with Gasteiger partial charge in [0.05, 0.1) is 25.8 Å². The zero-order chi connectivity index (χ0) is 15.5. The molecule has 3 aromatic rings. The maximum absolute atomic E-state index is 12.2. The van der Waals surface area contributed by atoms with Crippen molar-refractivity contribution in [3.05, 3.63) is 52.4 Å². The fourth-order valence-electron chi connectivity index (χ4n) is 2.40. The van der Waals surface area contributed by atoms with Crippen LogP contribution < -0.4 is 10.1 Å². The van der Waals surface area contributed by atoms with Gasteiger partial charge >= 0.3 is 0 Å². The molecule has 0 radical (unpaired) electrons. The third kappa shape index (κ3) is 2.99. The lowest BCUT2D eigenvalue weighted by Crippen LogP contribution is -2.27. The number of fused-ring (bicyclic) bond motifs is 1. The Bertz CT molecular complexity index is 776. The summed E-state index contributed by atoms with van der Waals surface area (Å²) in [6.45, 7) is 1.99. The van der Waals surface area contributed by atoms with Crippen LogP contribution in [0.25, 0.3) is 11.0 Å². The number of methoxy groups -OCH3 is 1. The van der Waals surface area contributed by atoms with Crippen LogP contribution in [0.2, 0.25) is 0 Å². The molecule has 1 aromatic carbocycles. The summed E-state index contributed by atoms with van der Waals surface area (Å²) in [5, 5.41) is 5.97. The first kappa shape index (κ1) is 14.7. The summed E-state index contributed by atoms with van der Waals surface area (Å²) in [5.74, 6) is 0.726. The maximum atomic E-state index is 12.2. The number of hydrogen-bond donors (Lipinski definition) is 1. The molecule has 0 saturated carbocycles. The van der Waals surface area contributed by atoms with Gasteiger partial charge in [-0.2, -0.15) is 0 Å². The van der Waals surface area contributed by atoms with Crippen LogP contribution in [0.3, 0.4) is 0 Å². The molecule has 1 atom stereocenters. The van der Waals surface area contributed by atoms with Crippen molar-refractivity contribution in [1.82, 2.24) is 5.32 Å². The largest absolute Gasteiger partial charge is 0.497 e. The Morgan fingerprint density at radius 2 is 2.27 bits per heavy atom. The number of carbonyl (C=O) groups excluding carboxylic acids is 1. The van der Waals surface area contributed by atoms with E-state index in [9.17, 15) is 4.79 Å². The normalized spacial score (nSPS) is 12.3. The van der Waals surface area contributed by atoms with Crippen molar-refractivity contribution in [1.29, 1.82) is 0 Å². The number of furan rings is 1. The number of hydrogen-bond acceptors (Lipinski definition) is 4. The molecule has 1 N–H and O–H groups in total. The van der Waals surface area contributed by atoms with E-state index in [1.165, 1.54) is 0 Å². The zero-order valence-corrected chi connectivity index (χ0v) is 13.3. The van der Waals surface area contributed by atoms with E-state index in [0.717, 1.165) is 27.2 Å². The second-order valence-corrected chi connectivity index (χ2v) is 6.08. The lowest BCUT2D eigenvalue weighted by molar-refractivity contribution is -0.121. The van der Waals surface area contributed by atoms with Crippen LogP contribution in [0.4, 0.5) is 0 Å². The highest BCUT2D eigenvalue weighted by molar-refractivity contribution is 7.10. The van der Waals surface area contributed by atoms with Gasteiger partial charge in [0.2, 0.25) is 5.91 Å². The Morgan fingerprint density at radius 3 is 3.00 bits per heavy atom. The minimum Gasteiger partial charge on any atom is -0.497 e. The number of benzene rings is 1. The summed E-state index contributed by atoms with van der Waals surface area (Å²) in [4.78, 5) is 13.4. The smallest absolute Gasteiger partial charge is 0.225 e. The standard InChI is InChI=1S/C17H17NO3S/c1-11(16-4-3-7-22-16)18-17(19)8-12-10-21-15-9-13(20-2)5-6-14(12)15/h3-7,9-11H,8H2,1-2H3,(H,18,19). The van der Waals surface area contributed by atoms with Gasteiger partial charge in [-0.25, -0.2) is 0 Å². The van der Waals surface area contributed by atoms with Gasteiger partial charge in [0.1, 0.15) is 11.3 Å². The van der Waals surface area contributed by atoms with Crippen molar-refractivity contribution in [2.45, 2.75) is 19.4 Å². The monoisotopic (exact) mass is 315 g/mol. The molecule has 2 aromatic heterocycles. The van der Waals surface area contributed by atoms with E-state index in [2.05, 4.69) is 5.32 Å². The van der Waals surface area contributed by atoms with Gasteiger partial charge in [0.15, 0.2) is 0 Å². The molecule has 5 heteroatoms. The molecule has 1 unspecified atom stereocenters. The number of ether oxygens (including phenoxy) is 1. The van der Waals surface area contributed by atoms with Gasteiger partial charge in [-0.15, -0.1) is 11.3 Å². The van der Waals surface area contributed by atoms with Crippen LogP contribution in [-0.2, 0) is 11.2 Å². The van der Waals surface area contributed by atoms with Gasteiger partial charge in [0.25, 0.3) is 0 Å². The van der Waals surface area contributed by atoms with Crippen molar-refractivity contribution < 1.29 is 13.9 Å². The second kappa shape index (κ2) is 6.23. The predicted octanol–water partition coefficient (Wildman–Crippen LogP) is 3.92. The van der Waals surface area contributed by atoms with Gasteiger partial charge < -0.3 is 14.5 Å². The van der Waals surface area contributed by atoms with Crippen LogP contribution >= 0.6 is 11.3 Å². The molecular formula is C17H17NO3S. The van der Waals surface area contributed by atoms with Gasteiger partial charge in [-0.1, -0.05) is 6.07 Å². The molecule has 0 saturated heterocycles. The van der Waals surface area contributed by atoms with Crippen LogP contribution in [0.1, 0.15) is 23.4 Å². The molecular weight excluding hydrogens is 298 g/mol. The zero-order valence-electron chi connectivity index (χ0n) is 12.5. The first-order valence-corrected chi connectivity index (χ1v) is 7.92. The minimum absolute atomic E-state index is 0.0144. The Morgan fingerprint density at radius 1 is 1.41 bits per heavy atom. The molecule has 2 heterocycles. The highest BCUT2D eigenvalue weighted by atomic mass is 32.1. The fourth-order valence-corrected chi connectivity index (χ4v) is 3.14. The lowest BCUT2D eigenvalue weighted by Gasteiger charge is -2.11. The summed E-state index contributed by atoms with van der Waals surface area (Å²) in [6, 6.07) is 9.64. The van der Waals surface area contributed by atoms with Crippen molar-refractivity contribution in [3.8, 4) is 5.75 Å². The van der Waals surface area contributed by atoms with Crippen LogP contribution in [0, 0.1) is 0 Å². The van der Waals surface area contributed by atoms with Gasteiger partial charge in [-0.05, 0) is 30.5 Å². The van der Waals surface area contributed by atoms with E-state index in [-0.39, 0.29) is 11.9 Å². The highest BCUT2D eigenvalue weighted by Gasteiger charge is 2.14. The van der Waals surface area contributed by atoms with Gasteiger partial charge in [-0.3, -0.25) is 4.79 Å². The SMILES string of the molecule is COc1ccc2c(CC(=O)NC(C)c3cccs3)coc2c1. The molecule has 0 spiro atoms. The van der Waals surface area contributed by atoms with E-state index < -0.39 is 0 Å². The maximum Gasteiger partial charge on any atom is 0.225 e. The van der Waals surface area contributed by atoms with E-state index >= 15 is 0 Å². The second-order valence-electron chi connectivity index (χ2n) is 5.10.